The van der Waals surface area contributed by atoms with E-state index in [1.54, 1.807) is 16.6 Å². The Morgan fingerprint density at radius 2 is 2.19 bits per heavy atom. The van der Waals surface area contributed by atoms with E-state index in [1.807, 2.05) is 14.0 Å². The monoisotopic (exact) mass is 314 g/mol. The van der Waals surface area contributed by atoms with Crippen LogP contribution in [0.4, 0.5) is 0 Å². The molecule has 120 valence electrons. The van der Waals surface area contributed by atoms with E-state index in [0.29, 0.717) is 18.0 Å². The first-order chi connectivity index (χ1) is 9.95. The molecule has 2 N–H and O–H groups in total. The van der Waals surface area contributed by atoms with E-state index in [2.05, 4.69) is 22.1 Å². The fraction of sp³-hybridized carbons (Fsp3) is 0.714. The zero-order valence-electron chi connectivity index (χ0n) is 13.1. The second kappa shape index (κ2) is 6.91. The highest BCUT2D eigenvalue weighted by molar-refractivity contribution is 7.89. The van der Waals surface area contributed by atoms with Gasteiger partial charge in [-0.15, -0.1) is 0 Å². The maximum Gasteiger partial charge on any atom is 0.244 e. The normalized spacial score (nSPS) is 21.8. The van der Waals surface area contributed by atoms with Crippen LogP contribution in [0.3, 0.4) is 0 Å². The molecule has 1 aliphatic heterocycles. The Bertz CT molecular complexity index is 555. The Morgan fingerprint density at radius 1 is 1.43 bits per heavy atom. The minimum Gasteiger partial charge on any atom is -0.363 e. The predicted molar refractivity (Wildman–Crippen MR) is 83.6 cm³/mol. The summed E-state index contributed by atoms with van der Waals surface area (Å²) in [6, 6.07) is 1.74. The van der Waals surface area contributed by atoms with Crippen molar-refractivity contribution in [3.8, 4) is 0 Å². The number of likely N-dealkylation sites (N-methyl/N-ethyl adjacent to an activating group) is 1. The number of sulfonamides is 1. The summed E-state index contributed by atoms with van der Waals surface area (Å²) in [7, 11) is -1.37. The molecule has 1 unspecified atom stereocenters. The van der Waals surface area contributed by atoms with E-state index in [0.717, 1.165) is 31.7 Å². The molecule has 0 radical (unpaired) electrons. The van der Waals surface area contributed by atoms with Crippen molar-refractivity contribution in [2.45, 2.75) is 37.8 Å². The van der Waals surface area contributed by atoms with E-state index in [9.17, 15) is 8.42 Å². The van der Waals surface area contributed by atoms with Gasteiger partial charge in [0.05, 0.1) is 4.90 Å². The molecule has 1 atom stereocenters. The quantitative estimate of drug-likeness (QED) is 0.764. The van der Waals surface area contributed by atoms with Crippen LogP contribution in [0.1, 0.15) is 26.0 Å². The molecule has 21 heavy (non-hydrogen) atoms. The highest BCUT2D eigenvalue weighted by atomic mass is 32.2. The molecule has 1 fully saturated rings. The molecule has 0 aliphatic carbocycles. The van der Waals surface area contributed by atoms with Crippen LogP contribution < -0.4 is 5.32 Å². The molecule has 0 amide bonds. The Labute approximate surface area is 127 Å². The minimum atomic E-state index is -3.40. The lowest BCUT2D eigenvalue weighted by atomic mass is 10.2. The van der Waals surface area contributed by atoms with Gasteiger partial charge < -0.3 is 15.2 Å². The average molecular weight is 314 g/mol. The van der Waals surface area contributed by atoms with Gasteiger partial charge in [-0.3, -0.25) is 0 Å². The van der Waals surface area contributed by atoms with E-state index in [4.69, 9.17) is 0 Å². The molecule has 1 aromatic rings. The summed E-state index contributed by atoms with van der Waals surface area (Å²) in [6.45, 7) is 7.76. The van der Waals surface area contributed by atoms with Gasteiger partial charge in [-0.05, 0) is 33.0 Å². The number of rotatable bonds is 6. The Hall–Kier alpha value is -0.890. The number of aromatic amines is 1. The number of hydrogen-bond donors (Lipinski definition) is 2. The minimum absolute atomic E-state index is 0.00492. The molecular weight excluding hydrogens is 288 g/mol. The molecule has 2 heterocycles. The van der Waals surface area contributed by atoms with Gasteiger partial charge in [0.1, 0.15) is 0 Å². The van der Waals surface area contributed by atoms with Crippen LogP contribution in [0.25, 0.3) is 0 Å². The van der Waals surface area contributed by atoms with Crippen molar-refractivity contribution in [1.82, 2.24) is 19.5 Å². The summed E-state index contributed by atoms with van der Waals surface area (Å²) < 4.78 is 27.0. The highest BCUT2D eigenvalue weighted by Crippen LogP contribution is 2.21. The Balaban J connectivity index is 2.09. The van der Waals surface area contributed by atoms with Crippen LogP contribution in [0.2, 0.25) is 0 Å². The first kappa shape index (κ1) is 16.5. The number of nitrogens with zero attached hydrogens (tertiary/aromatic N) is 2. The number of aromatic nitrogens is 1. The molecule has 0 aromatic carbocycles. The van der Waals surface area contributed by atoms with Crippen molar-refractivity contribution >= 4 is 10.0 Å². The predicted octanol–water partition coefficient (Wildman–Crippen LogP) is 0.839. The molecule has 1 aromatic heterocycles. The van der Waals surface area contributed by atoms with Crippen LogP contribution in [-0.4, -0.2) is 61.9 Å². The van der Waals surface area contributed by atoms with Crippen molar-refractivity contribution < 1.29 is 8.42 Å². The summed E-state index contributed by atoms with van der Waals surface area (Å²) in [5.41, 5.74) is 0.906. The second-order valence-corrected chi connectivity index (χ2v) is 7.65. The lowest BCUT2D eigenvalue weighted by molar-refractivity contribution is 0.170. The van der Waals surface area contributed by atoms with Gasteiger partial charge in [-0.25, -0.2) is 8.42 Å². The molecule has 0 bridgehead atoms. The van der Waals surface area contributed by atoms with Gasteiger partial charge in [0.2, 0.25) is 10.0 Å². The number of H-pyrrole nitrogens is 1. The van der Waals surface area contributed by atoms with Gasteiger partial charge in [0.15, 0.2) is 0 Å². The number of nitrogens with one attached hydrogen (secondary N) is 2. The van der Waals surface area contributed by atoms with Crippen molar-refractivity contribution in [3.05, 3.63) is 18.0 Å². The van der Waals surface area contributed by atoms with Crippen LogP contribution >= 0.6 is 0 Å². The van der Waals surface area contributed by atoms with Gasteiger partial charge >= 0.3 is 0 Å². The van der Waals surface area contributed by atoms with Gasteiger partial charge in [0, 0.05) is 44.1 Å². The van der Waals surface area contributed by atoms with Gasteiger partial charge in [-0.2, -0.15) is 4.31 Å². The van der Waals surface area contributed by atoms with Gasteiger partial charge in [-0.1, -0.05) is 6.92 Å². The van der Waals surface area contributed by atoms with Crippen LogP contribution in [-0.2, 0) is 16.6 Å². The summed E-state index contributed by atoms with van der Waals surface area (Å²) in [4.78, 5) is 5.58. The molecule has 1 aliphatic rings. The van der Waals surface area contributed by atoms with Crippen LogP contribution in [0.15, 0.2) is 17.2 Å². The Kier molecular flexibility index (Phi) is 5.43. The van der Waals surface area contributed by atoms with Crippen LogP contribution in [0, 0.1) is 0 Å². The molecular formula is C14H26N4O2S. The lowest BCUT2D eigenvalue weighted by Gasteiger charge is -2.36. The molecule has 6 nitrogen and oxygen atoms in total. The third kappa shape index (κ3) is 3.85. The van der Waals surface area contributed by atoms with E-state index >= 15 is 0 Å². The second-order valence-electron chi connectivity index (χ2n) is 5.76. The molecule has 2 rings (SSSR count). The maximum absolute atomic E-state index is 12.7. The van der Waals surface area contributed by atoms with Crippen molar-refractivity contribution in [1.29, 1.82) is 0 Å². The summed E-state index contributed by atoms with van der Waals surface area (Å²) in [5, 5.41) is 3.26. The number of hydrogen-bond acceptors (Lipinski definition) is 4. The van der Waals surface area contributed by atoms with E-state index in [-0.39, 0.29) is 6.04 Å². The molecule has 0 saturated carbocycles. The first-order valence-corrected chi connectivity index (χ1v) is 8.97. The standard InChI is InChI=1S/C14H26N4O2S/c1-4-5-15-9-13-8-14(10-16-13)21(19,20)18-7-6-17(3)11-12(18)2/h8,10,12,15-16H,4-7,9,11H2,1-3H3. The van der Waals surface area contributed by atoms with Crippen molar-refractivity contribution in [2.24, 2.45) is 0 Å². The molecule has 0 spiro atoms. The van der Waals surface area contributed by atoms with E-state index < -0.39 is 10.0 Å². The SMILES string of the molecule is CCCNCc1cc(S(=O)(=O)N2CCN(C)CC2C)c[nH]1. The zero-order chi connectivity index (χ0) is 15.5. The first-order valence-electron chi connectivity index (χ1n) is 7.53. The maximum atomic E-state index is 12.7. The van der Waals surface area contributed by atoms with Crippen LogP contribution in [0.5, 0.6) is 0 Å². The Morgan fingerprint density at radius 3 is 2.86 bits per heavy atom. The topological polar surface area (TPSA) is 68.4 Å². The van der Waals surface area contributed by atoms with Gasteiger partial charge in [0.25, 0.3) is 0 Å². The molecule has 7 heteroatoms. The average Bonchev–Trinajstić information content (AvgIpc) is 2.88. The largest absolute Gasteiger partial charge is 0.363 e. The lowest BCUT2D eigenvalue weighted by Crippen LogP contribution is -2.52. The fourth-order valence-electron chi connectivity index (χ4n) is 2.69. The molecule has 1 saturated heterocycles. The summed E-state index contributed by atoms with van der Waals surface area (Å²) in [6.07, 6.45) is 2.66. The smallest absolute Gasteiger partial charge is 0.244 e. The third-order valence-corrected chi connectivity index (χ3v) is 5.83. The highest BCUT2D eigenvalue weighted by Gasteiger charge is 2.33. The number of piperazine rings is 1. The zero-order valence-corrected chi connectivity index (χ0v) is 13.9. The third-order valence-electron chi connectivity index (χ3n) is 3.83. The van der Waals surface area contributed by atoms with Crippen molar-refractivity contribution in [2.75, 3.05) is 33.2 Å². The summed E-state index contributed by atoms with van der Waals surface area (Å²) in [5.74, 6) is 0. The summed E-state index contributed by atoms with van der Waals surface area (Å²) >= 11 is 0. The fourth-order valence-corrected chi connectivity index (χ4v) is 4.32. The van der Waals surface area contributed by atoms with E-state index in [1.165, 1.54) is 0 Å². The van der Waals surface area contributed by atoms with Crippen molar-refractivity contribution in [3.63, 3.8) is 0 Å².